The zero-order valence-corrected chi connectivity index (χ0v) is 11.8. The molecule has 0 radical (unpaired) electrons. The molecule has 1 aromatic carbocycles. The van der Waals surface area contributed by atoms with Gasteiger partial charge in [0.05, 0.1) is 13.2 Å². The van der Waals surface area contributed by atoms with Gasteiger partial charge in [-0.2, -0.15) is 0 Å². The Balaban J connectivity index is 1.75. The van der Waals surface area contributed by atoms with Crippen molar-refractivity contribution in [3.05, 3.63) is 35.4 Å². The van der Waals surface area contributed by atoms with E-state index in [4.69, 9.17) is 9.84 Å². The fraction of sp³-hybridized carbons (Fsp3) is 0.625. The van der Waals surface area contributed by atoms with E-state index in [9.17, 15) is 0 Å². The Bertz CT molecular complexity index is 360. The van der Waals surface area contributed by atoms with Gasteiger partial charge < -0.3 is 15.2 Å². The van der Waals surface area contributed by atoms with Crippen molar-refractivity contribution >= 4 is 0 Å². The van der Waals surface area contributed by atoms with E-state index < -0.39 is 0 Å². The number of aryl methyl sites for hydroxylation is 1. The second-order valence-electron chi connectivity index (χ2n) is 5.37. The van der Waals surface area contributed by atoms with Gasteiger partial charge in [0.1, 0.15) is 0 Å². The molecule has 2 N–H and O–H groups in total. The first-order valence-corrected chi connectivity index (χ1v) is 7.30. The lowest BCUT2D eigenvalue weighted by Gasteiger charge is -2.19. The quantitative estimate of drug-likeness (QED) is 0.672. The van der Waals surface area contributed by atoms with Gasteiger partial charge in [-0.25, -0.2) is 0 Å². The first kappa shape index (κ1) is 14.5. The van der Waals surface area contributed by atoms with E-state index in [1.807, 2.05) is 0 Å². The number of nitrogens with one attached hydrogen (secondary N) is 1. The highest BCUT2D eigenvalue weighted by atomic mass is 16.5. The summed E-state index contributed by atoms with van der Waals surface area (Å²) < 4.78 is 5.27. The Morgan fingerprint density at radius 3 is 2.63 bits per heavy atom. The summed E-state index contributed by atoms with van der Waals surface area (Å²) in [6.45, 7) is 4.38. The van der Waals surface area contributed by atoms with Crippen LogP contribution in [0.1, 0.15) is 36.4 Å². The van der Waals surface area contributed by atoms with Crippen LogP contribution in [0.2, 0.25) is 0 Å². The Kier molecular flexibility index (Phi) is 5.83. The van der Waals surface area contributed by atoms with Crippen molar-refractivity contribution in [2.24, 2.45) is 5.92 Å². The summed E-state index contributed by atoms with van der Waals surface area (Å²) in [5.74, 6) is 0.807. The Hall–Kier alpha value is -0.900. The molecule has 0 saturated heterocycles. The van der Waals surface area contributed by atoms with Crippen molar-refractivity contribution in [2.45, 2.75) is 32.2 Å². The lowest BCUT2D eigenvalue weighted by Crippen LogP contribution is -2.25. The third-order valence-corrected chi connectivity index (χ3v) is 3.60. The molecular formula is C16H25NO2. The molecule has 19 heavy (non-hydrogen) atoms. The number of ether oxygens (including phenoxy) is 1. The first-order chi connectivity index (χ1) is 9.31. The average molecular weight is 263 g/mol. The number of benzene rings is 1. The van der Waals surface area contributed by atoms with Crippen LogP contribution < -0.4 is 5.32 Å². The number of rotatable bonds is 9. The van der Waals surface area contributed by atoms with Gasteiger partial charge in [0.25, 0.3) is 0 Å². The van der Waals surface area contributed by atoms with Gasteiger partial charge in [-0.1, -0.05) is 29.8 Å². The molecule has 0 heterocycles. The minimum absolute atomic E-state index is 0.113. The van der Waals surface area contributed by atoms with Gasteiger partial charge in [0.2, 0.25) is 0 Å². The molecular weight excluding hydrogens is 238 g/mol. The zero-order valence-electron chi connectivity index (χ0n) is 11.8. The normalized spacial score (nSPS) is 16.5. The fourth-order valence-electron chi connectivity index (χ4n) is 2.36. The van der Waals surface area contributed by atoms with E-state index in [0.29, 0.717) is 12.6 Å². The number of hydrogen-bond donors (Lipinski definition) is 2. The second kappa shape index (κ2) is 7.63. The van der Waals surface area contributed by atoms with Gasteiger partial charge in [-0.05, 0) is 44.2 Å². The van der Waals surface area contributed by atoms with Gasteiger partial charge in [-0.3, -0.25) is 0 Å². The molecule has 0 amide bonds. The van der Waals surface area contributed by atoms with Crippen LogP contribution in [0.4, 0.5) is 0 Å². The van der Waals surface area contributed by atoms with Crippen LogP contribution in [-0.4, -0.2) is 31.5 Å². The standard InChI is InChI=1S/C16H25NO2/c1-13-3-5-14(6-4-13)16(15-7-8-15)17-9-2-11-19-12-10-18/h3-6,15-18H,2,7-12H2,1H3. The highest BCUT2D eigenvalue weighted by Gasteiger charge is 2.31. The zero-order chi connectivity index (χ0) is 13.5. The van der Waals surface area contributed by atoms with Crippen LogP contribution in [0.25, 0.3) is 0 Å². The van der Waals surface area contributed by atoms with Gasteiger partial charge in [0.15, 0.2) is 0 Å². The van der Waals surface area contributed by atoms with Crippen molar-refractivity contribution in [3.63, 3.8) is 0 Å². The molecule has 1 unspecified atom stereocenters. The Morgan fingerprint density at radius 2 is 2.00 bits per heavy atom. The predicted molar refractivity (Wildman–Crippen MR) is 77.2 cm³/mol. The number of aliphatic hydroxyl groups is 1. The molecule has 1 fully saturated rings. The number of aliphatic hydroxyl groups excluding tert-OH is 1. The van der Waals surface area contributed by atoms with Gasteiger partial charge in [0, 0.05) is 12.6 Å². The summed E-state index contributed by atoms with van der Waals surface area (Å²) in [4.78, 5) is 0. The average Bonchev–Trinajstić information content (AvgIpc) is 3.24. The maximum atomic E-state index is 8.62. The molecule has 3 nitrogen and oxygen atoms in total. The molecule has 0 aromatic heterocycles. The smallest absolute Gasteiger partial charge is 0.0697 e. The van der Waals surface area contributed by atoms with Gasteiger partial charge >= 0.3 is 0 Å². The van der Waals surface area contributed by atoms with Crippen LogP contribution in [0.5, 0.6) is 0 Å². The lowest BCUT2D eigenvalue weighted by molar-refractivity contribution is 0.0903. The highest BCUT2D eigenvalue weighted by Crippen LogP contribution is 2.40. The Morgan fingerprint density at radius 1 is 1.26 bits per heavy atom. The van der Waals surface area contributed by atoms with Crippen molar-refractivity contribution < 1.29 is 9.84 Å². The van der Waals surface area contributed by atoms with Crippen LogP contribution >= 0.6 is 0 Å². The largest absolute Gasteiger partial charge is 0.394 e. The van der Waals surface area contributed by atoms with E-state index in [2.05, 4.69) is 36.5 Å². The third-order valence-electron chi connectivity index (χ3n) is 3.60. The summed E-state index contributed by atoms with van der Waals surface area (Å²) in [7, 11) is 0. The molecule has 3 heteroatoms. The summed E-state index contributed by atoms with van der Waals surface area (Å²) in [6.07, 6.45) is 3.67. The van der Waals surface area contributed by atoms with E-state index >= 15 is 0 Å². The summed E-state index contributed by atoms with van der Waals surface area (Å²) in [6, 6.07) is 9.37. The molecule has 1 aliphatic carbocycles. The van der Waals surface area contributed by atoms with Gasteiger partial charge in [-0.15, -0.1) is 0 Å². The first-order valence-electron chi connectivity index (χ1n) is 7.30. The van der Waals surface area contributed by atoms with Crippen molar-refractivity contribution in [1.29, 1.82) is 0 Å². The van der Waals surface area contributed by atoms with E-state index in [-0.39, 0.29) is 6.61 Å². The lowest BCUT2D eigenvalue weighted by atomic mass is 10.0. The highest BCUT2D eigenvalue weighted by molar-refractivity contribution is 5.25. The SMILES string of the molecule is Cc1ccc(C(NCCCOCCO)C2CC2)cc1. The molecule has 2 rings (SSSR count). The van der Waals surface area contributed by atoms with Crippen molar-refractivity contribution in [1.82, 2.24) is 5.32 Å². The fourth-order valence-corrected chi connectivity index (χ4v) is 2.36. The molecule has 0 spiro atoms. The van der Waals surface area contributed by atoms with Crippen LogP contribution in [0.15, 0.2) is 24.3 Å². The summed E-state index contributed by atoms with van der Waals surface area (Å²) >= 11 is 0. The minimum Gasteiger partial charge on any atom is -0.394 e. The Labute approximate surface area is 116 Å². The van der Waals surface area contributed by atoms with Crippen molar-refractivity contribution in [2.75, 3.05) is 26.4 Å². The van der Waals surface area contributed by atoms with Crippen LogP contribution in [-0.2, 0) is 4.74 Å². The maximum absolute atomic E-state index is 8.62. The molecule has 106 valence electrons. The maximum Gasteiger partial charge on any atom is 0.0697 e. The third kappa shape index (κ3) is 4.94. The van der Waals surface area contributed by atoms with Crippen LogP contribution in [0.3, 0.4) is 0 Å². The monoisotopic (exact) mass is 263 g/mol. The summed E-state index contributed by atoms with van der Waals surface area (Å²) in [5.41, 5.74) is 2.72. The topological polar surface area (TPSA) is 41.5 Å². The van der Waals surface area contributed by atoms with E-state index in [0.717, 1.165) is 25.5 Å². The molecule has 0 aliphatic heterocycles. The predicted octanol–water partition coefficient (Wildman–Crippen LogP) is 2.43. The van der Waals surface area contributed by atoms with E-state index in [1.165, 1.54) is 24.0 Å². The minimum atomic E-state index is 0.113. The van der Waals surface area contributed by atoms with Crippen LogP contribution in [0, 0.1) is 12.8 Å². The molecule has 1 atom stereocenters. The van der Waals surface area contributed by atoms with Crippen molar-refractivity contribution in [3.8, 4) is 0 Å². The molecule has 0 bridgehead atoms. The summed E-state index contributed by atoms with van der Waals surface area (Å²) in [5, 5.41) is 12.3. The second-order valence-corrected chi connectivity index (χ2v) is 5.37. The molecule has 1 aromatic rings. The molecule has 1 saturated carbocycles. The van der Waals surface area contributed by atoms with E-state index in [1.54, 1.807) is 0 Å². The number of hydrogen-bond acceptors (Lipinski definition) is 3. The molecule has 1 aliphatic rings.